The highest BCUT2D eigenvalue weighted by Crippen LogP contribution is 2.36. The Morgan fingerprint density at radius 2 is 2.30 bits per heavy atom. The summed E-state index contributed by atoms with van der Waals surface area (Å²) < 4.78 is 7.16. The summed E-state index contributed by atoms with van der Waals surface area (Å²) in [4.78, 5) is 13.8. The zero-order chi connectivity index (χ0) is 14.8. The van der Waals surface area contributed by atoms with Gasteiger partial charge < -0.3 is 9.52 Å². The Hall–Kier alpha value is -0.330. The summed E-state index contributed by atoms with van der Waals surface area (Å²) in [6, 6.07) is 1.93. The molecule has 0 spiro atoms. The number of halogens is 2. The van der Waals surface area contributed by atoms with Gasteiger partial charge in [0, 0.05) is 6.54 Å². The Kier molecular flexibility index (Phi) is 5.31. The molecule has 1 atom stereocenters. The van der Waals surface area contributed by atoms with Crippen LogP contribution in [0.25, 0.3) is 0 Å². The first kappa shape index (κ1) is 16.0. The molecule has 1 aliphatic rings. The zero-order valence-electron chi connectivity index (χ0n) is 11.5. The molecule has 0 bridgehead atoms. The van der Waals surface area contributed by atoms with Gasteiger partial charge in [0.25, 0.3) is 0 Å². The molecule has 112 valence electrons. The molecule has 0 aliphatic carbocycles. The Balaban J connectivity index is 2.07. The molecule has 1 aliphatic heterocycles. The molecular formula is C14H19Br2NO3. The van der Waals surface area contributed by atoms with Gasteiger partial charge in [0.1, 0.15) is 5.76 Å². The Bertz CT molecular complexity index is 465. The number of aliphatic carboxylic acids is 1. The number of carboxylic acid groups (broad SMARTS) is 1. The summed E-state index contributed by atoms with van der Waals surface area (Å²) >= 11 is 6.72. The molecule has 4 nitrogen and oxygen atoms in total. The molecule has 2 rings (SSSR count). The largest absolute Gasteiger partial charge is 0.481 e. The molecule has 20 heavy (non-hydrogen) atoms. The Morgan fingerprint density at radius 1 is 1.55 bits per heavy atom. The Morgan fingerprint density at radius 3 is 2.85 bits per heavy atom. The maximum absolute atomic E-state index is 11.7. The number of likely N-dealkylation sites (tertiary alicyclic amines) is 1. The lowest BCUT2D eigenvalue weighted by Crippen LogP contribution is -2.47. The van der Waals surface area contributed by atoms with E-state index in [2.05, 4.69) is 36.8 Å². The molecule has 1 unspecified atom stereocenters. The lowest BCUT2D eigenvalue weighted by atomic mass is 9.76. The highest BCUT2D eigenvalue weighted by Gasteiger charge is 2.41. The summed E-state index contributed by atoms with van der Waals surface area (Å²) in [7, 11) is 0. The van der Waals surface area contributed by atoms with E-state index >= 15 is 0 Å². The maximum atomic E-state index is 11.7. The number of carboxylic acids is 1. The van der Waals surface area contributed by atoms with Gasteiger partial charge in [0.05, 0.1) is 16.4 Å². The average molecular weight is 409 g/mol. The smallest absolute Gasteiger partial charge is 0.310 e. The van der Waals surface area contributed by atoms with Crippen LogP contribution < -0.4 is 0 Å². The standard InChI is InChI=1S/C14H19Br2NO3/c1-2-4-14(13(18)19)5-3-6-17(9-14)8-10-7-11(15)12(16)20-10/h7H,2-6,8-9H2,1H3,(H,18,19). The van der Waals surface area contributed by atoms with Crippen molar-refractivity contribution in [3.8, 4) is 0 Å². The summed E-state index contributed by atoms with van der Waals surface area (Å²) in [6.07, 6.45) is 3.34. The van der Waals surface area contributed by atoms with Crippen molar-refractivity contribution in [1.29, 1.82) is 0 Å². The van der Waals surface area contributed by atoms with Crippen molar-refractivity contribution in [3.05, 3.63) is 21.0 Å². The first-order chi connectivity index (χ1) is 9.47. The predicted octanol–water partition coefficient (Wildman–Crippen LogP) is 4.27. The fourth-order valence-corrected chi connectivity index (χ4v) is 3.67. The van der Waals surface area contributed by atoms with Crippen LogP contribution in [0.4, 0.5) is 0 Å². The van der Waals surface area contributed by atoms with Crippen LogP contribution in [0.2, 0.25) is 0 Å². The van der Waals surface area contributed by atoms with E-state index in [9.17, 15) is 9.90 Å². The number of carbonyl (C=O) groups is 1. The van der Waals surface area contributed by atoms with Crippen LogP contribution in [0.1, 0.15) is 38.4 Å². The fourth-order valence-electron chi connectivity index (χ4n) is 3.02. The molecule has 1 aromatic heterocycles. The zero-order valence-corrected chi connectivity index (χ0v) is 14.7. The van der Waals surface area contributed by atoms with Gasteiger partial charge in [-0.1, -0.05) is 13.3 Å². The average Bonchev–Trinajstić information content (AvgIpc) is 2.68. The lowest BCUT2D eigenvalue weighted by Gasteiger charge is -2.39. The van der Waals surface area contributed by atoms with Crippen molar-refractivity contribution in [1.82, 2.24) is 4.90 Å². The van der Waals surface area contributed by atoms with Crippen molar-refractivity contribution in [2.24, 2.45) is 5.41 Å². The number of piperidine rings is 1. The van der Waals surface area contributed by atoms with Crippen LogP contribution in [0.15, 0.2) is 19.6 Å². The second kappa shape index (κ2) is 6.62. The van der Waals surface area contributed by atoms with E-state index in [1.54, 1.807) is 0 Å². The van der Waals surface area contributed by atoms with Crippen LogP contribution in [-0.2, 0) is 11.3 Å². The SMILES string of the molecule is CCCC1(C(=O)O)CCCN(Cc2cc(Br)c(Br)o2)C1. The molecule has 0 amide bonds. The fraction of sp³-hybridized carbons (Fsp3) is 0.643. The normalized spacial score (nSPS) is 23.9. The van der Waals surface area contributed by atoms with Gasteiger partial charge in [-0.25, -0.2) is 0 Å². The Labute approximate surface area is 135 Å². The van der Waals surface area contributed by atoms with E-state index in [0.29, 0.717) is 17.8 Å². The van der Waals surface area contributed by atoms with Gasteiger partial charge in [-0.3, -0.25) is 9.69 Å². The molecule has 0 aromatic carbocycles. The van der Waals surface area contributed by atoms with Crippen molar-refractivity contribution in [2.45, 2.75) is 39.2 Å². The third kappa shape index (κ3) is 3.46. The van der Waals surface area contributed by atoms with Crippen LogP contribution in [0, 0.1) is 5.41 Å². The van der Waals surface area contributed by atoms with Gasteiger partial charge in [0.2, 0.25) is 0 Å². The van der Waals surface area contributed by atoms with Crippen LogP contribution in [0.5, 0.6) is 0 Å². The van der Waals surface area contributed by atoms with Crippen LogP contribution >= 0.6 is 31.9 Å². The van der Waals surface area contributed by atoms with E-state index in [4.69, 9.17) is 4.42 Å². The summed E-state index contributed by atoms with van der Waals surface area (Å²) in [6.45, 7) is 4.23. The highest BCUT2D eigenvalue weighted by molar-refractivity contribution is 9.13. The molecule has 1 aromatic rings. The first-order valence-corrected chi connectivity index (χ1v) is 8.45. The topological polar surface area (TPSA) is 53.7 Å². The van der Waals surface area contributed by atoms with E-state index in [-0.39, 0.29) is 0 Å². The minimum Gasteiger partial charge on any atom is -0.481 e. The summed E-state index contributed by atoms with van der Waals surface area (Å²) in [5.41, 5.74) is -0.589. The monoisotopic (exact) mass is 407 g/mol. The molecule has 6 heteroatoms. The van der Waals surface area contributed by atoms with Crippen molar-refractivity contribution >= 4 is 37.8 Å². The number of furan rings is 1. The molecule has 0 radical (unpaired) electrons. The molecule has 1 saturated heterocycles. The van der Waals surface area contributed by atoms with Gasteiger partial charge in [-0.05, 0) is 63.7 Å². The molecule has 1 N–H and O–H groups in total. The summed E-state index contributed by atoms with van der Waals surface area (Å²) in [5, 5.41) is 9.59. The van der Waals surface area contributed by atoms with Crippen LogP contribution in [-0.4, -0.2) is 29.1 Å². The van der Waals surface area contributed by atoms with E-state index in [0.717, 1.165) is 42.5 Å². The van der Waals surface area contributed by atoms with E-state index in [1.165, 1.54) is 0 Å². The minimum atomic E-state index is -0.661. The first-order valence-electron chi connectivity index (χ1n) is 6.86. The van der Waals surface area contributed by atoms with Gasteiger partial charge in [-0.15, -0.1) is 0 Å². The summed E-state index contributed by atoms with van der Waals surface area (Å²) in [5.74, 6) is 0.187. The molecule has 1 fully saturated rings. The second-order valence-corrected chi connectivity index (χ2v) is 7.06. The molecule has 0 saturated carbocycles. The second-order valence-electron chi connectivity index (χ2n) is 5.48. The third-order valence-corrected chi connectivity index (χ3v) is 5.62. The lowest BCUT2D eigenvalue weighted by molar-refractivity contribution is -0.153. The third-order valence-electron chi connectivity index (χ3n) is 3.91. The number of hydrogen-bond acceptors (Lipinski definition) is 3. The predicted molar refractivity (Wildman–Crippen MR) is 83.6 cm³/mol. The highest BCUT2D eigenvalue weighted by atomic mass is 79.9. The van der Waals surface area contributed by atoms with Crippen molar-refractivity contribution in [2.75, 3.05) is 13.1 Å². The van der Waals surface area contributed by atoms with Crippen LogP contribution in [0.3, 0.4) is 0 Å². The minimum absolute atomic E-state index is 0.589. The maximum Gasteiger partial charge on any atom is 0.310 e. The van der Waals surface area contributed by atoms with E-state index < -0.39 is 11.4 Å². The number of hydrogen-bond donors (Lipinski definition) is 1. The quantitative estimate of drug-likeness (QED) is 0.790. The van der Waals surface area contributed by atoms with Crippen molar-refractivity contribution < 1.29 is 14.3 Å². The van der Waals surface area contributed by atoms with Gasteiger partial charge in [-0.2, -0.15) is 0 Å². The van der Waals surface area contributed by atoms with E-state index in [1.807, 2.05) is 13.0 Å². The number of rotatable bonds is 5. The molecular weight excluding hydrogens is 390 g/mol. The number of nitrogens with zero attached hydrogens (tertiary/aromatic N) is 1. The van der Waals surface area contributed by atoms with Crippen molar-refractivity contribution in [3.63, 3.8) is 0 Å². The van der Waals surface area contributed by atoms with Gasteiger partial charge in [0.15, 0.2) is 4.67 Å². The molecule has 2 heterocycles. The van der Waals surface area contributed by atoms with Gasteiger partial charge >= 0.3 is 5.97 Å².